The third-order valence-corrected chi connectivity index (χ3v) is 4.65. The van der Waals surface area contributed by atoms with Crippen molar-refractivity contribution in [2.45, 2.75) is 13.0 Å². The Morgan fingerprint density at radius 2 is 1.72 bits per heavy atom. The summed E-state index contributed by atoms with van der Waals surface area (Å²) in [5.74, 6) is 3.90. The van der Waals surface area contributed by atoms with Gasteiger partial charge in [-0.1, -0.05) is 0 Å². The van der Waals surface area contributed by atoms with Crippen LogP contribution >= 0.6 is 0 Å². The van der Waals surface area contributed by atoms with Gasteiger partial charge in [-0.2, -0.15) is 5.10 Å². The molecule has 32 heavy (non-hydrogen) atoms. The van der Waals surface area contributed by atoms with Crippen molar-refractivity contribution in [3.8, 4) is 0 Å². The lowest BCUT2D eigenvalue weighted by Gasteiger charge is -2.20. The molecule has 0 spiro atoms. The maximum atomic E-state index is 14.6. The molecule has 0 aliphatic carbocycles. The number of nitrogens with two attached hydrogens (primary N) is 1. The Hall–Kier alpha value is -4.28. The summed E-state index contributed by atoms with van der Waals surface area (Å²) in [4.78, 5) is 23.2. The molecule has 3 rings (SSSR count). The van der Waals surface area contributed by atoms with Crippen molar-refractivity contribution in [1.29, 1.82) is 0 Å². The molecule has 0 saturated heterocycles. The maximum Gasteiger partial charge on any atom is 0.292 e. The molecule has 3 aromatic rings. The summed E-state index contributed by atoms with van der Waals surface area (Å²) in [6.07, 6.45) is 2.67. The fourth-order valence-corrected chi connectivity index (χ4v) is 3.16. The van der Waals surface area contributed by atoms with E-state index in [0.717, 1.165) is 12.1 Å². The fraction of sp³-hybridized carbons (Fsp3) is 0.143. The Kier molecular flexibility index (Phi) is 6.78. The molecule has 0 aliphatic rings. The number of hydrazone groups is 1. The van der Waals surface area contributed by atoms with E-state index in [1.807, 2.05) is 0 Å². The van der Waals surface area contributed by atoms with E-state index in [9.17, 15) is 18.9 Å². The van der Waals surface area contributed by atoms with E-state index in [0.29, 0.717) is 17.0 Å². The zero-order valence-corrected chi connectivity index (χ0v) is 17.2. The highest BCUT2D eigenvalue weighted by molar-refractivity contribution is 6.47. The lowest BCUT2D eigenvalue weighted by atomic mass is 10.0. The van der Waals surface area contributed by atoms with Gasteiger partial charge in [0.05, 0.1) is 16.3 Å². The van der Waals surface area contributed by atoms with Crippen LogP contribution in [0.1, 0.15) is 29.9 Å². The Balaban J connectivity index is 2.19. The quantitative estimate of drug-likeness (QED) is 0.250. The molecule has 0 bridgehead atoms. The third kappa shape index (κ3) is 4.56. The number of nitrogens with zero attached hydrogens (tertiary/aromatic N) is 5. The van der Waals surface area contributed by atoms with E-state index in [2.05, 4.69) is 25.4 Å². The second-order valence-corrected chi connectivity index (χ2v) is 6.59. The monoisotopic (exact) mass is 439 g/mol. The zero-order chi connectivity index (χ0) is 23.3. The van der Waals surface area contributed by atoms with Crippen molar-refractivity contribution in [3.63, 3.8) is 0 Å². The SMILES string of the molecule is CN=C(C(C)=NN)c1ccc([N+](=O)[O-])c(NC(c2ncccc2F)c2ncccc2F)c1. The molecule has 0 amide bonds. The van der Waals surface area contributed by atoms with Crippen LogP contribution in [0.15, 0.2) is 65.0 Å². The maximum absolute atomic E-state index is 14.6. The number of rotatable bonds is 7. The second kappa shape index (κ2) is 9.69. The van der Waals surface area contributed by atoms with Crippen molar-refractivity contribution in [2.75, 3.05) is 12.4 Å². The molecule has 0 fully saturated rings. The third-order valence-electron chi connectivity index (χ3n) is 4.65. The highest BCUT2D eigenvalue weighted by Gasteiger charge is 2.27. The van der Waals surface area contributed by atoms with Gasteiger partial charge in [0.15, 0.2) is 0 Å². The first-order valence-electron chi connectivity index (χ1n) is 9.35. The van der Waals surface area contributed by atoms with Gasteiger partial charge >= 0.3 is 0 Å². The molecule has 9 nitrogen and oxygen atoms in total. The fourth-order valence-electron chi connectivity index (χ4n) is 3.16. The van der Waals surface area contributed by atoms with Gasteiger partial charge in [-0.25, -0.2) is 8.78 Å². The summed E-state index contributed by atoms with van der Waals surface area (Å²) in [7, 11) is 1.52. The number of aliphatic imine (C=N–C) groups is 1. The molecule has 0 aliphatic heterocycles. The first-order chi connectivity index (χ1) is 15.4. The van der Waals surface area contributed by atoms with Crippen molar-refractivity contribution in [2.24, 2.45) is 15.9 Å². The molecule has 2 heterocycles. The first kappa shape index (κ1) is 22.4. The lowest BCUT2D eigenvalue weighted by Crippen LogP contribution is -2.20. The van der Waals surface area contributed by atoms with Crippen LogP contribution in [0.3, 0.4) is 0 Å². The van der Waals surface area contributed by atoms with E-state index in [1.54, 1.807) is 6.92 Å². The number of anilines is 1. The van der Waals surface area contributed by atoms with Gasteiger partial charge in [0.1, 0.15) is 34.8 Å². The number of hydrogen-bond acceptors (Lipinski definition) is 8. The summed E-state index contributed by atoms with van der Waals surface area (Å²) in [5, 5.41) is 18.1. The van der Waals surface area contributed by atoms with E-state index < -0.39 is 22.6 Å². The number of pyridine rings is 2. The van der Waals surface area contributed by atoms with E-state index in [-0.39, 0.29) is 22.8 Å². The van der Waals surface area contributed by atoms with Gasteiger partial charge in [0.2, 0.25) is 0 Å². The van der Waals surface area contributed by atoms with Gasteiger partial charge in [-0.05, 0) is 43.3 Å². The standard InChI is InChI=1S/C21H19F2N7O2/c1-12(29-24)18(25-2)13-7-8-17(30(31)32)16(11-13)28-21(19-14(22)5-3-9-26-19)20-15(23)6-4-10-27-20/h3-11,21,28H,24H2,1-2H3. The van der Waals surface area contributed by atoms with Crippen LogP contribution in [0.4, 0.5) is 20.2 Å². The van der Waals surface area contributed by atoms with Crippen LogP contribution in [0.2, 0.25) is 0 Å². The molecule has 0 unspecified atom stereocenters. The summed E-state index contributed by atoms with van der Waals surface area (Å²) < 4.78 is 29.2. The number of nitrogens with one attached hydrogen (secondary N) is 1. The summed E-state index contributed by atoms with van der Waals surface area (Å²) in [6.45, 7) is 1.63. The minimum absolute atomic E-state index is 0.0152. The Morgan fingerprint density at radius 3 is 2.19 bits per heavy atom. The number of benzene rings is 1. The average molecular weight is 439 g/mol. The van der Waals surface area contributed by atoms with Crippen LogP contribution < -0.4 is 11.2 Å². The van der Waals surface area contributed by atoms with E-state index in [1.165, 1.54) is 49.8 Å². The second-order valence-electron chi connectivity index (χ2n) is 6.59. The molecule has 11 heteroatoms. The minimum atomic E-state index is -1.25. The largest absolute Gasteiger partial charge is 0.366 e. The predicted molar refractivity (Wildman–Crippen MR) is 117 cm³/mol. The highest BCUT2D eigenvalue weighted by Crippen LogP contribution is 2.33. The van der Waals surface area contributed by atoms with Gasteiger partial charge in [-0.3, -0.25) is 25.1 Å². The molecule has 1 aromatic carbocycles. The van der Waals surface area contributed by atoms with Crippen LogP contribution in [-0.2, 0) is 0 Å². The van der Waals surface area contributed by atoms with E-state index in [4.69, 9.17) is 5.84 Å². The number of halogens is 2. The molecule has 0 saturated carbocycles. The molecular formula is C21H19F2N7O2. The molecule has 0 atom stereocenters. The topological polar surface area (TPSA) is 132 Å². The summed E-state index contributed by atoms with van der Waals surface area (Å²) in [5.41, 5.74) is 0.588. The van der Waals surface area contributed by atoms with E-state index >= 15 is 0 Å². The number of hydrogen-bond donors (Lipinski definition) is 2. The zero-order valence-electron chi connectivity index (χ0n) is 17.2. The van der Waals surface area contributed by atoms with Crippen LogP contribution in [0.25, 0.3) is 0 Å². The normalized spacial score (nSPS) is 12.2. The van der Waals surface area contributed by atoms with Gasteiger partial charge in [0, 0.05) is 31.1 Å². The predicted octanol–water partition coefficient (Wildman–Crippen LogP) is 3.62. The van der Waals surface area contributed by atoms with Gasteiger partial charge in [-0.15, -0.1) is 0 Å². The van der Waals surface area contributed by atoms with Crippen molar-refractivity contribution in [3.05, 3.63) is 93.6 Å². The van der Waals surface area contributed by atoms with Crippen LogP contribution in [0.5, 0.6) is 0 Å². The van der Waals surface area contributed by atoms with Gasteiger partial charge in [0.25, 0.3) is 5.69 Å². The molecular weight excluding hydrogens is 420 g/mol. The van der Waals surface area contributed by atoms with Crippen LogP contribution in [0, 0.1) is 21.7 Å². The number of aromatic nitrogens is 2. The highest BCUT2D eigenvalue weighted by atomic mass is 19.1. The summed E-state index contributed by atoms with van der Waals surface area (Å²) in [6, 6.07) is 8.00. The smallest absolute Gasteiger partial charge is 0.292 e. The number of nitro groups is 1. The first-order valence-corrected chi connectivity index (χ1v) is 9.35. The molecule has 2 aromatic heterocycles. The lowest BCUT2D eigenvalue weighted by molar-refractivity contribution is -0.384. The minimum Gasteiger partial charge on any atom is -0.366 e. The Labute approximate surface area is 181 Å². The molecule has 0 radical (unpaired) electrons. The van der Waals surface area contributed by atoms with Crippen molar-refractivity contribution < 1.29 is 13.7 Å². The Bertz CT molecular complexity index is 1170. The van der Waals surface area contributed by atoms with Crippen molar-refractivity contribution >= 4 is 22.8 Å². The Morgan fingerprint density at radius 1 is 1.12 bits per heavy atom. The molecule has 164 valence electrons. The average Bonchev–Trinajstić information content (AvgIpc) is 2.79. The molecule has 3 N–H and O–H groups in total. The van der Waals surface area contributed by atoms with Gasteiger partial charge < -0.3 is 11.2 Å². The van der Waals surface area contributed by atoms with Crippen LogP contribution in [-0.4, -0.2) is 33.4 Å². The number of nitro benzene ring substituents is 1. The summed E-state index contributed by atoms with van der Waals surface area (Å²) >= 11 is 0. The van der Waals surface area contributed by atoms with Crippen molar-refractivity contribution in [1.82, 2.24) is 9.97 Å².